The van der Waals surface area contributed by atoms with Crippen molar-refractivity contribution in [3.63, 3.8) is 0 Å². The number of nitrogens with one attached hydrogen (secondary N) is 1. The molecule has 3 rings (SSSR count). The van der Waals surface area contributed by atoms with E-state index in [0.29, 0.717) is 37.4 Å². The van der Waals surface area contributed by atoms with E-state index in [0.717, 1.165) is 4.47 Å². The number of hydrogen-bond donors (Lipinski definition) is 1. The van der Waals surface area contributed by atoms with Gasteiger partial charge in [0.1, 0.15) is 6.07 Å². The highest BCUT2D eigenvalue weighted by atomic mass is 79.9. The van der Waals surface area contributed by atoms with E-state index in [1.54, 1.807) is 41.8 Å². The first kappa shape index (κ1) is 18.9. The Morgan fingerprint density at radius 1 is 1.15 bits per heavy atom. The zero-order valence-electron chi connectivity index (χ0n) is 13.0. The molecule has 4 nitrogen and oxygen atoms in total. The summed E-state index contributed by atoms with van der Waals surface area (Å²) in [7, 11) is 0. The maximum Gasteiger partial charge on any atom is 0.154 e. The number of anilines is 2. The van der Waals surface area contributed by atoms with E-state index in [1.165, 1.54) is 11.3 Å². The molecule has 0 fully saturated rings. The summed E-state index contributed by atoms with van der Waals surface area (Å²) in [5.74, 6) is 0. The van der Waals surface area contributed by atoms with E-state index in [-0.39, 0.29) is 0 Å². The molecular weight excluding hydrogens is 457 g/mol. The first-order valence-corrected chi connectivity index (χ1v) is 9.78. The van der Waals surface area contributed by atoms with E-state index in [1.807, 2.05) is 6.07 Å². The van der Waals surface area contributed by atoms with Gasteiger partial charge in [-0.25, -0.2) is 0 Å². The average Bonchev–Trinajstić information content (AvgIpc) is 3.05. The molecule has 1 N–H and O–H groups in total. The SMILES string of the molecule is N#Cc1cc(Br)ccc1Nc1ccc(C(N=O)c2sccc2Cl)c(Cl)c1. The zero-order chi connectivity index (χ0) is 18.7. The van der Waals surface area contributed by atoms with Crippen molar-refractivity contribution in [3.8, 4) is 6.07 Å². The van der Waals surface area contributed by atoms with Gasteiger partial charge in [0.05, 0.1) is 21.2 Å². The lowest BCUT2D eigenvalue weighted by atomic mass is 10.1. The van der Waals surface area contributed by atoms with Crippen LogP contribution in [0, 0.1) is 16.2 Å². The fraction of sp³-hybridized carbons (Fsp3) is 0.0556. The Kier molecular flexibility index (Phi) is 5.94. The fourth-order valence-corrected chi connectivity index (χ4v) is 4.30. The summed E-state index contributed by atoms with van der Waals surface area (Å²) in [6.45, 7) is 0. The van der Waals surface area contributed by atoms with Crippen LogP contribution in [0.15, 0.2) is 57.5 Å². The van der Waals surface area contributed by atoms with Crippen molar-refractivity contribution in [2.45, 2.75) is 6.04 Å². The number of nitriles is 1. The van der Waals surface area contributed by atoms with Crippen molar-refractivity contribution in [2.75, 3.05) is 5.32 Å². The highest BCUT2D eigenvalue weighted by Gasteiger charge is 2.22. The number of hydrogen-bond acceptors (Lipinski definition) is 5. The van der Waals surface area contributed by atoms with Crippen molar-refractivity contribution in [3.05, 3.63) is 83.3 Å². The van der Waals surface area contributed by atoms with Crippen LogP contribution in [0.1, 0.15) is 22.0 Å². The van der Waals surface area contributed by atoms with Crippen LogP contribution in [0.4, 0.5) is 11.4 Å². The van der Waals surface area contributed by atoms with Crippen LogP contribution >= 0.6 is 50.5 Å². The first-order valence-electron chi connectivity index (χ1n) is 7.35. The summed E-state index contributed by atoms with van der Waals surface area (Å²) in [5.41, 5.74) is 2.43. The van der Waals surface area contributed by atoms with E-state index in [4.69, 9.17) is 23.2 Å². The standard InChI is InChI=1S/C18H10BrCl2N3OS/c19-11-1-4-16(10(7-11)9-22)23-12-2-3-13(15(21)8-12)17(24-25)18-14(20)5-6-26-18/h1-8,17,23H. The summed E-state index contributed by atoms with van der Waals surface area (Å²) in [6.07, 6.45) is 0. The van der Waals surface area contributed by atoms with Gasteiger partial charge in [0.15, 0.2) is 6.04 Å². The lowest BCUT2D eigenvalue weighted by molar-refractivity contribution is 0.885. The third-order valence-electron chi connectivity index (χ3n) is 3.67. The predicted octanol–water partition coefficient (Wildman–Crippen LogP) is 7.29. The van der Waals surface area contributed by atoms with Gasteiger partial charge >= 0.3 is 0 Å². The Hall–Kier alpha value is -1.91. The van der Waals surface area contributed by atoms with E-state index in [9.17, 15) is 10.2 Å². The molecule has 0 aliphatic heterocycles. The molecule has 0 saturated heterocycles. The van der Waals surface area contributed by atoms with Crippen LogP contribution in [0.25, 0.3) is 0 Å². The Morgan fingerprint density at radius 3 is 2.58 bits per heavy atom. The van der Waals surface area contributed by atoms with Gasteiger partial charge in [-0.3, -0.25) is 0 Å². The highest BCUT2D eigenvalue weighted by Crippen LogP contribution is 2.39. The number of benzene rings is 2. The Balaban J connectivity index is 1.92. The Morgan fingerprint density at radius 2 is 1.96 bits per heavy atom. The van der Waals surface area contributed by atoms with Crippen LogP contribution in [0.2, 0.25) is 10.0 Å². The maximum absolute atomic E-state index is 11.4. The highest BCUT2D eigenvalue weighted by molar-refractivity contribution is 9.10. The van der Waals surface area contributed by atoms with Crippen molar-refractivity contribution in [2.24, 2.45) is 5.18 Å². The Labute approximate surface area is 172 Å². The van der Waals surface area contributed by atoms with Crippen LogP contribution < -0.4 is 5.32 Å². The lowest BCUT2D eigenvalue weighted by Gasteiger charge is -2.14. The summed E-state index contributed by atoms with van der Waals surface area (Å²) < 4.78 is 0.820. The van der Waals surface area contributed by atoms with Gasteiger partial charge in [-0.15, -0.1) is 16.2 Å². The molecule has 2 aromatic carbocycles. The summed E-state index contributed by atoms with van der Waals surface area (Å²) in [6, 6.07) is 13.7. The third-order valence-corrected chi connectivity index (χ3v) is 5.91. The van der Waals surface area contributed by atoms with Crippen molar-refractivity contribution < 1.29 is 0 Å². The summed E-state index contributed by atoms with van der Waals surface area (Å²) in [4.78, 5) is 12.0. The molecule has 0 spiro atoms. The molecule has 0 bridgehead atoms. The smallest absolute Gasteiger partial charge is 0.154 e. The minimum atomic E-state index is -0.758. The molecule has 1 unspecified atom stereocenters. The molecule has 130 valence electrons. The van der Waals surface area contributed by atoms with Crippen LogP contribution in [0.5, 0.6) is 0 Å². The second-order valence-corrected chi connectivity index (χ2v) is 7.98. The number of halogens is 3. The summed E-state index contributed by atoms with van der Waals surface area (Å²) >= 11 is 17.2. The minimum absolute atomic E-state index is 0.389. The molecule has 8 heteroatoms. The van der Waals surface area contributed by atoms with Gasteiger partial charge < -0.3 is 5.32 Å². The van der Waals surface area contributed by atoms with Crippen LogP contribution in [-0.2, 0) is 0 Å². The topological polar surface area (TPSA) is 65.2 Å². The number of rotatable bonds is 5. The van der Waals surface area contributed by atoms with Gasteiger partial charge in [-0.1, -0.05) is 50.4 Å². The quantitative estimate of drug-likeness (QED) is 0.401. The van der Waals surface area contributed by atoms with E-state index >= 15 is 0 Å². The molecule has 0 saturated carbocycles. The van der Waals surface area contributed by atoms with E-state index < -0.39 is 6.04 Å². The number of nitrogens with zero attached hydrogens (tertiary/aromatic N) is 2. The molecule has 0 amide bonds. The predicted molar refractivity (Wildman–Crippen MR) is 111 cm³/mol. The van der Waals surface area contributed by atoms with Crippen molar-refractivity contribution in [1.29, 1.82) is 5.26 Å². The van der Waals surface area contributed by atoms with Crippen molar-refractivity contribution >= 4 is 61.8 Å². The lowest BCUT2D eigenvalue weighted by Crippen LogP contribution is -1.99. The third kappa shape index (κ3) is 3.92. The molecule has 0 aliphatic carbocycles. The monoisotopic (exact) mass is 465 g/mol. The summed E-state index contributed by atoms with van der Waals surface area (Å²) in [5, 5.41) is 18.3. The molecule has 0 radical (unpaired) electrons. The van der Waals surface area contributed by atoms with E-state index in [2.05, 4.69) is 32.5 Å². The first-order chi connectivity index (χ1) is 12.5. The number of thiophene rings is 1. The second kappa shape index (κ2) is 8.19. The average molecular weight is 467 g/mol. The number of nitroso groups, excluding NO2 is 1. The molecule has 26 heavy (non-hydrogen) atoms. The Bertz CT molecular complexity index is 1020. The van der Waals surface area contributed by atoms with Crippen LogP contribution in [-0.4, -0.2) is 0 Å². The van der Waals surface area contributed by atoms with Gasteiger partial charge in [-0.05, 0) is 41.8 Å². The maximum atomic E-state index is 11.4. The van der Waals surface area contributed by atoms with Gasteiger partial charge in [0.25, 0.3) is 0 Å². The van der Waals surface area contributed by atoms with Crippen molar-refractivity contribution in [1.82, 2.24) is 0 Å². The van der Waals surface area contributed by atoms with Gasteiger partial charge in [0.2, 0.25) is 0 Å². The normalized spacial score (nSPS) is 11.6. The molecular formula is C18H10BrCl2N3OS. The van der Waals surface area contributed by atoms with Gasteiger partial charge in [0, 0.05) is 20.7 Å². The molecule has 1 heterocycles. The molecule has 3 aromatic rings. The van der Waals surface area contributed by atoms with Crippen LogP contribution in [0.3, 0.4) is 0 Å². The second-order valence-electron chi connectivity index (χ2n) is 5.30. The molecule has 1 atom stereocenters. The minimum Gasteiger partial charge on any atom is -0.354 e. The van der Waals surface area contributed by atoms with Gasteiger partial charge in [-0.2, -0.15) is 5.26 Å². The molecule has 1 aromatic heterocycles. The zero-order valence-corrected chi connectivity index (χ0v) is 17.0. The largest absolute Gasteiger partial charge is 0.354 e. The molecule has 0 aliphatic rings. The fourth-order valence-electron chi connectivity index (χ4n) is 2.45.